The van der Waals surface area contributed by atoms with Gasteiger partial charge in [-0.15, -0.1) is 0 Å². The predicted molar refractivity (Wildman–Crippen MR) is 110 cm³/mol. The Morgan fingerprint density at radius 1 is 1.29 bits per heavy atom. The van der Waals surface area contributed by atoms with Gasteiger partial charge in [0.1, 0.15) is 16.6 Å². The van der Waals surface area contributed by atoms with Gasteiger partial charge in [0.2, 0.25) is 5.91 Å². The molecule has 0 spiro atoms. The second kappa shape index (κ2) is 8.74. The highest BCUT2D eigenvalue weighted by Crippen LogP contribution is 2.33. The summed E-state index contributed by atoms with van der Waals surface area (Å²) in [5, 5.41) is 9.05. The normalized spacial score (nSPS) is 19.4. The number of nitrogens with zero attached hydrogens (tertiary/aromatic N) is 2. The molecule has 0 radical (unpaired) electrons. The quantitative estimate of drug-likeness (QED) is 0.577. The zero-order valence-corrected chi connectivity index (χ0v) is 16.9. The van der Waals surface area contributed by atoms with Crippen LogP contribution in [0, 0.1) is 5.92 Å². The van der Waals surface area contributed by atoms with Crippen LogP contribution in [0.25, 0.3) is 6.08 Å². The van der Waals surface area contributed by atoms with Gasteiger partial charge in [-0.3, -0.25) is 19.3 Å². The van der Waals surface area contributed by atoms with Gasteiger partial charge in [0.05, 0.1) is 17.9 Å². The fraction of sp³-hybridized carbons (Fsp3) is 0.368. The van der Waals surface area contributed by atoms with Gasteiger partial charge in [0.25, 0.3) is 5.91 Å². The molecule has 2 heterocycles. The van der Waals surface area contributed by atoms with Crippen LogP contribution in [0.2, 0.25) is 0 Å². The van der Waals surface area contributed by atoms with Crippen LogP contribution < -0.4 is 4.74 Å². The van der Waals surface area contributed by atoms with Crippen molar-refractivity contribution >= 4 is 52.2 Å². The van der Waals surface area contributed by atoms with Gasteiger partial charge in [-0.2, -0.15) is 0 Å². The van der Waals surface area contributed by atoms with Crippen LogP contribution in [-0.4, -0.2) is 63.8 Å². The highest BCUT2D eigenvalue weighted by Gasteiger charge is 2.35. The van der Waals surface area contributed by atoms with Crippen LogP contribution in [0.1, 0.15) is 18.4 Å². The number of hydrogen-bond donors (Lipinski definition) is 1. The first-order valence-corrected chi connectivity index (χ1v) is 10.0. The Kier molecular flexibility index (Phi) is 6.35. The maximum Gasteiger partial charge on any atom is 0.306 e. The average Bonchev–Trinajstić information content (AvgIpc) is 2.96. The van der Waals surface area contributed by atoms with Crippen LogP contribution in [0.3, 0.4) is 0 Å². The monoisotopic (exact) mass is 420 g/mol. The molecule has 3 rings (SSSR count). The van der Waals surface area contributed by atoms with Gasteiger partial charge in [0.15, 0.2) is 0 Å². The smallest absolute Gasteiger partial charge is 0.306 e. The van der Waals surface area contributed by atoms with E-state index in [4.69, 9.17) is 22.1 Å². The summed E-state index contributed by atoms with van der Waals surface area (Å²) < 4.78 is 5.46. The van der Waals surface area contributed by atoms with E-state index in [0.29, 0.717) is 35.2 Å². The molecule has 2 amide bonds. The maximum absolute atomic E-state index is 12.7. The van der Waals surface area contributed by atoms with Crippen molar-refractivity contribution in [3.8, 4) is 5.75 Å². The molecule has 7 nitrogen and oxygen atoms in total. The lowest BCUT2D eigenvalue weighted by atomic mass is 9.97. The van der Waals surface area contributed by atoms with Crippen molar-refractivity contribution in [2.75, 3.05) is 26.7 Å². The van der Waals surface area contributed by atoms with E-state index in [9.17, 15) is 14.4 Å². The van der Waals surface area contributed by atoms with E-state index < -0.39 is 11.9 Å². The van der Waals surface area contributed by atoms with Gasteiger partial charge in [0, 0.05) is 13.1 Å². The number of carbonyl (C=O) groups excluding carboxylic acids is 2. The summed E-state index contributed by atoms with van der Waals surface area (Å²) in [6.07, 6.45) is 2.59. The van der Waals surface area contributed by atoms with Gasteiger partial charge in [-0.05, 0) is 36.6 Å². The minimum Gasteiger partial charge on any atom is -0.497 e. The number of carboxylic acids is 1. The Balaban J connectivity index is 1.62. The van der Waals surface area contributed by atoms with Crippen molar-refractivity contribution in [1.82, 2.24) is 9.80 Å². The lowest BCUT2D eigenvalue weighted by Gasteiger charge is -2.31. The van der Waals surface area contributed by atoms with Crippen molar-refractivity contribution in [2.45, 2.75) is 12.8 Å². The molecule has 2 fully saturated rings. The number of piperidine rings is 1. The van der Waals surface area contributed by atoms with Crippen LogP contribution in [0.4, 0.5) is 0 Å². The molecule has 2 aliphatic rings. The number of thioether (sulfide) groups is 1. The summed E-state index contributed by atoms with van der Waals surface area (Å²) >= 11 is 6.45. The Morgan fingerprint density at radius 3 is 2.50 bits per heavy atom. The number of hydrogen-bond acceptors (Lipinski definition) is 6. The number of rotatable bonds is 5. The van der Waals surface area contributed by atoms with Crippen molar-refractivity contribution in [3.63, 3.8) is 0 Å². The van der Waals surface area contributed by atoms with E-state index in [1.165, 1.54) is 16.7 Å². The maximum atomic E-state index is 12.7. The Hall–Kier alpha value is -2.39. The van der Waals surface area contributed by atoms with Crippen LogP contribution in [0.15, 0.2) is 29.2 Å². The number of thiocarbonyl (C=S) groups is 1. The van der Waals surface area contributed by atoms with Crippen LogP contribution in [-0.2, 0) is 14.4 Å². The second-order valence-corrected chi connectivity index (χ2v) is 8.21. The van der Waals surface area contributed by atoms with Crippen LogP contribution in [0.5, 0.6) is 5.75 Å². The number of carboxylic acid groups (broad SMARTS) is 1. The van der Waals surface area contributed by atoms with E-state index in [1.54, 1.807) is 30.2 Å². The molecule has 1 aromatic rings. The SMILES string of the molecule is COc1ccc(/C=C2/SC(=S)N(CC(=O)N3CCC(C(=O)O)CC3)C2=O)cc1. The lowest BCUT2D eigenvalue weighted by molar-refractivity contribution is -0.146. The summed E-state index contributed by atoms with van der Waals surface area (Å²) in [7, 11) is 1.58. The second-order valence-electron chi connectivity index (χ2n) is 6.53. The molecule has 1 aromatic carbocycles. The topological polar surface area (TPSA) is 87.2 Å². The number of methoxy groups -OCH3 is 1. The number of amides is 2. The van der Waals surface area contributed by atoms with E-state index in [2.05, 4.69) is 0 Å². The molecule has 2 saturated heterocycles. The van der Waals surface area contributed by atoms with Crippen molar-refractivity contribution in [2.24, 2.45) is 5.92 Å². The molecule has 9 heteroatoms. The molecular weight excluding hydrogens is 400 g/mol. The summed E-state index contributed by atoms with van der Waals surface area (Å²) in [5.41, 5.74) is 0.836. The number of likely N-dealkylation sites (tertiary alicyclic amines) is 1. The molecule has 0 aliphatic carbocycles. The number of benzene rings is 1. The average molecular weight is 421 g/mol. The minimum absolute atomic E-state index is 0.123. The standard InChI is InChI=1S/C19H20N2O5S2/c1-26-14-4-2-12(3-5-14)10-15-17(23)21(19(27)28-15)11-16(22)20-8-6-13(7-9-20)18(24)25/h2-5,10,13H,6-9,11H2,1H3,(H,24,25)/b15-10+. The Morgan fingerprint density at radius 2 is 1.93 bits per heavy atom. The number of aliphatic carboxylic acids is 1. The Bertz CT molecular complexity index is 829. The number of ether oxygens (including phenoxy) is 1. The molecule has 0 aromatic heterocycles. The zero-order valence-electron chi connectivity index (χ0n) is 15.3. The molecule has 0 bridgehead atoms. The molecule has 0 saturated carbocycles. The highest BCUT2D eigenvalue weighted by molar-refractivity contribution is 8.26. The number of carbonyl (C=O) groups is 3. The minimum atomic E-state index is -0.826. The van der Waals surface area contributed by atoms with E-state index in [0.717, 1.165) is 11.3 Å². The molecule has 148 valence electrons. The summed E-state index contributed by atoms with van der Waals surface area (Å²) in [6, 6.07) is 7.28. The summed E-state index contributed by atoms with van der Waals surface area (Å²) in [5.74, 6) is -1.02. The highest BCUT2D eigenvalue weighted by atomic mass is 32.2. The Labute approximate surface area is 172 Å². The first-order chi connectivity index (χ1) is 13.4. The van der Waals surface area contributed by atoms with Crippen molar-refractivity contribution in [1.29, 1.82) is 0 Å². The van der Waals surface area contributed by atoms with Gasteiger partial charge in [-0.25, -0.2) is 0 Å². The van der Waals surface area contributed by atoms with E-state index in [-0.39, 0.29) is 18.4 Å². The predicted octanol–water partition coefficient (Wildman–Crippen LogP) is 2.22. The third kappa shape index (κ3) is 4.53. The summed E-state index contributed by atoms with van der Waals surface area (Å²) in [6.45, 7) is 0.640. The van der Waals surface area contributed by atoms with E-state index in [1.807, 2.05) is 12.1 Å². The lowest BCUT2D eigenvalue weighted by Crippen LogP contribution is -2.46. The molecule has 0 atom stereocenters. The van der Waals surface area contributed by atoms with Gasteiger partial charge in [-0.1, -0.05) is 36.1 Å². The fourth-order valence-corrected chi connectivity index (χ4v) is 4.35. The van der Waals surface area contributed by atoms with Crippen LogP contribution >= 0.6 is 24.0 Å². The van der Waals surface area contributed by atoms with Gasteiger partial charge >= 0.3 is 5.97 Å². The molecule has 0 unspecified atom stereocenters. The first-order valence-electron chi connectivity index (χ1n) is 8.79. The zero-order chi connectivity index (χ0) is 20.3. The largest absolute Gasteiger partial charge is 0.497 e. The van der Waals surface area contributed by atoms with Crippen molar-refractivity contribution in [3.05, 3.63) is 34.7 Å². The third-order valence-electron chi connectivity index (χ3n) is 4.78. The third-order valence-corrected chi connectivity index (χ3v) is 6.16. The summed E-state index contributed by atoms with van der Waals surface area (Å²) in [4.78, 5) is 39.6. The molecule has 28 heavy (non-hydrogen) atoms. The molecule has 2 aliphatic heterocycles. The molecular formula is C19H20N2O5S2. The van der Waals surface area contributed by atoms with Crippen molar-refractivity contribution < 1.29 is 24.2 Å². The molecule has 1 N–H and O–H groups in total. The van der Waals surface area contributed by atoms with Gasteiger partial charge < -0.3 is 14.7 Å². The first kappa shape index (κ1) is 20.3. The fourth-order valence-electron chi connectivity index (χ4n) is 3.10. The van der Waals surface area contributed by atoms with E-state index >= 15 is 0 Å².